The molecule has 1 atom stereocenters. The average Bonchev–Trinajstić information content (AvgIpc) is 2.46. The molecule has 21 heavy (non-hydrogen) atoms. The van der Waals surface area contributed by atoms with E-state index >= 15 is 0 Å². The van der Waals surface area contributed by atoms with Crippen LogP contribution in [0, 0.1) is 6.92 Å². The molecule has 0 amide bonds. The zero-order chi connectivity index (χ0) is 15.6. The highest BCUT2D eigenvalue weighted by atomic mass is 35.5. The minimum Gasteiger partial charge on any atom is -0.495 e. The van der Waals surface area contributed by atoms with Crippen LogP contribution in [0.5, 0.6) is 5.75 Å². The van der Waals surface area contributed by atoms with Crippen LogP contribution in [0.25, 0.3) is 0 Å². The van der Waals surface area contributed by atoms with Crippen molar-refractivity contribution in [3.05, 3.63) is 56.5 Å². The molecule has 2 rings (SSSR count). The average molecular weight is 345 g/mol. The highest BCUT2D eigenvalue weighted by Crippen LogP contribution is 2.37. The maximum absolute atomic E-state index is 6.27. The molecule has 0 saturated carbocycles. The molecule has 0 saturated heterocycles. The van der Waals surface area contributed by atoms with Crippen molar-refractivity contribution in [3.8, 4) is 5.75 Å². The molecule has 0 bridgehead atoms. The van der Waals surface area contributed by atoms with Gasteiger partial charge in [0.1, 0.15) is 5.75 Å². The van der Waals surface area contributed by atoms with Crippen molar-refractivity contribution in [1.29, 1.82) is 0 Å². The van der Waals surface area contributed by atoms with Gasteiger partial charge < -0.3 is 10.1 Å². The Hall–Kier alpha value is -1.09. The van der Waals surface area contributed by atoms with Gasteiger partial charge in [-0.3, -0.25) is 0 Å². The van der Waals surface area contributed by atoms with Crippen molar-refractivity contribution in [1.82, 2.24) is 0 Å². The van der Waals surface area contributed by atoms with E-state index in [0.29, 0.717) is 15.1 Å². The normalized spacial score (nSPS) is 12.1. The Balaban J connectivity index is 2.30. The fraction of sp³-hybridized carbons (Fsp3) is 0.250. The lowest BCUT2D eigenvalue weighted by Gasteiger charge is -2.20. The van der Waals surface area contributed by atoms with Gasteiger partial charge in [0.25, 0.3) is 0 Å². The van der Waals surface area contributed by atoms with Crippen LogP contribution in [0.4, 0.5) is 5.69 Å². The van der Waals surface area contributed by atoms with E-state index < -0.39 is 0 Å². The molecule has 0 heterocycles. The first-order chi connectivity index (χ1) is 9.93. The quantitative estimate of drug-likeness (QED) is 0.673. The molecular weight excluding hydrogens is 329 g/mol. The lowest BCUT2D eigenvalue weighted by atomic mass is 10.1. The number of hydrogen-bond donors (Lipinski definition) is 1. The van der Waals surface area contributed by atoms with Crippen molar-refractivity contribution in [2.24, 2.45) is 0 Å². The predicted octanol–water partition coefficient (Wildman–Crippen LogP) is 6.14. The van der Waals surface area contributed by atoms with Gasteiger partial charge in [-0.15, -0.1) is 0 Å². The Morgan fingerprint density at radius 3 is 2.43 bits per heavy atom. The topological polar surface area (TPSA) is 21.3 Å². The molecule has 0 fully saturated rings. The second-order valence-electron chi connectivity index (χ2n) is 4.83. The number of benzene rings is 2. The predicted molar refractivity (Wildman–Crippen MR) is 91.2 cm³/mol. The molecule has 0 aromatic heterocycles. The fourth-order valence-corrected chi connectivity index (χ4v) is 2.81. The van der Waals surface area contributed by atoms with Crippen molar-refractivity contribution in [3.63, 3.8) is 0 Å². The largest absolute Gasteiger partial charge is 0.495 e. The maximum atomic E-state index is 6.27. The number of ether oxygens (including phenoxy) is 1. The van der Waals surface area contributed by atoms with Crippen LogP contribution < -0.4 is 10.1 Å². The van der Waals surface area contributed by atoms with Crippen molar-refractivity contribution >= 4 is 40.5 Å². The van der Waals surface area contributed by atoms with Crippen LogP contribution in [0.1, 0.15) is 24.1 Å². The molecule has 1 unspecified atom stereocenters. The van der Waals surface area contributed by atoms with Gasteiger partial charge >= 0.3 is 0 Å². The van der Waals surface area contributed by atoms with Gasteiger partial charge in [-0.05, 0) is 43.2 Å². The Labute approximate surface area is 140 Å². The summed E-state index contributed by atoms with van der Waals surface area (Å²) in [5.41, 5.74) is 2.92. The summed E-state index contributed by atoms with van der Waals surface area (Å²) in [6, 6.07) is 9.56. The number of hydrogen-bond acceptors (Lipinski definition) is 2. The molecule has 2 nitrogen and oxygen atoms in total. The number of anilines is 1. The molecule has 2 aromatic rings. The summed E-state index contributed by atoms with van der Waals surface area (Å²) in [6.45, 7) is 4.02. The number of halogens is 3. The summed E-state index contributed by atoms with van der Waals surface area (Å²) in [5, 5.41) is 4.67. The van der Waals surface area contributed by atoms with Crippen LogP contribution in [-0.2, 0) is 0 Å². The van der Waals surface area contributed by atoms with E-state index in [9.17, 15) is 0 Å². The second kappa shape index (κ2) is 6.78. The first kappa shape index (κ1) is 16.3. The van der Waals surface area contributed by atoms with E-state index in [0.717, 1.165) is 22.6 Å². The van der Waals surface area contributed by atoms with E-state index in [2.05, 4.69) is 5.32 Å². The maximum Gasteiger partial charge on any atom is 0.142 e. The van der Waals surface area contributed by atoms with Gasteiger partial charge in [0, 0.05) is 0 Å². The molecule has 0 aliphatic carbocycles. The van der Waals surface area contributed by atoms with E-state index in [-0.39, 0.29) is 6.04 Å². The van der Waals surface area contributed by atoms with Crippen LogP contribution in [0.3, 0.4) is 0 Å². The minimum absolute atomic E-state index is 0.0381. The smallest absolute Gasteiger partial charge is 0.142 e. The van der Waals surface area contributed by atoms with E-state index in [1.807, 2.05) is 38.1 Å². The SMILES string of the molecule is COc1cc(C)ccc1NC(C)c1ccc(Cl)c(Cl)c1Cl. The molecule has 1 N–H and O–H groups in total. The van der Waals surface area contributed by atoms with Gasteiger partial charge in [0.2, 0.25) is 0 Å². The third-order valence-electron chi connectivity index (χ3n) is 3.26. The number of nitrogens with one attached hydrogen (secondary N) is 1. The van der Waals surface area contributed by atoms with E-state index in [4.69, 9.17) is 39.5 Å². The Morgan fingerprint density at radius 1 is 1.05 bits per heavy atom. The molecule has 5 heteroatoms. The molecule has 0 aliphatic heterocycles. The number of rotatable bonds is 4. The third-order valence-corrected chi connectivity index (χ3v) is 4.57. The molecule has 0 radical (unpaired) electrons. The Bertz CT molecular complexity index is 658. The highest BCUT2D eigenvalue weighted by molar-refractivity contribution is 6.48. The summed E-state index contributed by atoms with van der Waals surface area (Å²) in [7, 11) is 1.65. The lowest BCUT2D eigenvalue weighted by Crippen LogP contribution is -2.08. The number of methoxy groups -OCH3 is 1. The fourth-order valence-electron chi connectivity index (χ4n) is 2.10. The van der Waals surface area contributed by atoms with Gasteiger partial charge in [-0.25, -0.2) is 0 Å². The monoisotopic (exact) mass is 343 g/mol. The third kappa shape index (κ3) is 3.57. The zero-order valence-electron chi connectivity index (χ0n) is 12.0. The molecule has 2 aromatic carbocycles. The molecule has 0 aliphatic rings. The highest BCUT2D eigenvalue weighted by Gasteiger charge is 2.15. The molecular formula is C16H16Cl3NO. The van der Waals surface area contributed by atoms with Gasteiger partial charge in [0.15, 0.2) is 0 Å². The zero-order valence-corrected chi connectivity index (χ0v) is 14.3. The summed E-state index contributed by atoms with van der Waals surface area (Å²) in [6.07, 6.45) is 0. The summed E-state index contributed by atoms with van der Waals surface area (Å²) >= 11 is 18.3. The van der Waals surface area contributed by atoms with Crippen molar-refractivity contribution < 1.29 is 4.74 Å². The first-order valence-corrected chi connectivity index (χ1v) is 7.62. The van der Waals surface area contributed by atoms with E-state index in [1.54, 1.807) is 13.2 Å². The molecule has 112 valence electrons. The molecule has 0 spiro atoms. The summed E-state index contributed by atoms with van der Waals surface area (Å²) < 4.78 is 5.39. The second-order valence-corrected chi connectivity index (χ2v) is 6.00. The van der Waals surface area contributed by atoms with E-state index in [1.165, 1.54) is 0 Å². The number of aryl methyl sites for hydroxylation is 1. The van der Waals surface area contributed by atoms with Crippen LogP contribution in [0.2, 0.25) is 15.1 Å². The first-order valence-electron chi connectivity index (χ1n) is 6.48. The van der Waals surface area contributed by atoms with Crippen molar-refractivity contribution in [2.45, 2.75) is 19.9 Å². The Morgan fingerprint density at radius 2 is 1.76 bits per heavy atom. The van der Waals surface area contributed by atoms with Crippen LogP contribution >= 0.6 is 34.8 Å². The summed E-state index contributed by atoms with van der Waals surface area (Å²) in [5.74, 6) is 0.790. The lowest BCUT2D eigenvalue weighted by molar-refractivity contribution is 0.416. The van der Waals surface area contributed by atoms with Gasteiger partial charge in [0.05, 0.1) is 33.9 Å². The summed E-state index contributed by atoms with van der Waals surface area (Å²) in [4.78, 5) is 0. The van der Waals surface area contributed by atoms with Gasteiger partial charge in [-0.2, -0.15) is 0 Å². The Kier molecular flexibility index (Phi) is 5.26. The van der Waals surface area contributed by atoms with Crippen LogP contribution in [-0.4, -0.2) is 7.11 Å². The van der Waals surface area contributed by atoms with Gasteiger partial charge in [-0.1, -0.05) is 46.9 Å². The minimum atomic E-state index is -0.0381. The van der Waals surface area contributed by atoms with Crippen LogP contribution in [0.15, 0.2) is 30.3 Å². The van der Waals surface area contributed by atoms with Crippen molar-refractivity contribution in [2.75, 3.05) is 12.4 Å². The standard InChI is InChI=1S/C16H16Cl3NO/c1-9-4-7-13(14(8-9)21-3)20-10(2)11-5-6-12(17)16(19)15(11)18/h4-8,10,20H,1-3H3.